The molecule has 0 aliphatic carbocycles. The third kappa shape index (κ3) is 3.34. The molecular formula is C16H29N5O. The van der Waals surface area contributed by atoms with E-state index in [1.54, 1.807) is 6.33 Å². The topological polar surface area (TPSA) is 46.4 Å². The van der Waals surface area contributed by atoms with Gasteiger partial charge in [0.15, 0.2) is 0 Å². The van der Waals surface area contributed by atoms with E-state index in [4.69, 9.17) is 4.74 Å². The van der Waals surface area contributed by atoms with Crippen molar-refractivity contribution in [2.75, 3.05) is 39.4 Å². The molecule has 6 heteroatoms. The molecule has 0 bridgehead atoms. The fourth-order valence-electron chi connectivity index (χ4n) is 3.70. The first-order valence-electron chi connectivity index (χ1n) is 8.38. The first-order valence-corrected chi connectivity index (χ1v) is 8.38. The summed E-state index contributed by atoms with van der Waals surface area (Å²) in [5.74, 6) is 1.77. The van der Waals surface area contributed by atoms with Gasteiger partial charge in [0.25, 0.3) is 0 Å². The average Bonchev–Trinajstić information content (AvgIpc) is 3.06. The lowest BCUT2D eigenvalue weighted by Gasteiger charge is -2.34. The third-order valence-electron chi connectivity index (χ3n) is 4.78. The van der Waals surface area contributed by atoms with E-state index in [0.717, 1.165) is 51.8 Å². The summed E-state index contributed by atoms with van der Waals surface area (Å²) in [6.07, 6.45) is 1.68. The first kappa shape index (κ1) is 15.9. The van der Waals surface area contributed by atoms with E-state index in [1.165, 1.54) is 0 Å². The summed E-state index contributed by atoms with van der Waals surface area (Å²) in [5, 5.41) is 4.41. The summed E-state index contributed by atoms with van der Waals surface area (Å²) in [6.45, 7) is 15.9. The van der Waals surface area contributed by atoms with Crippen molar-refractivity contribution in [1.29, 1.82) is 0 Å². The molecule has 2 aliphatic heterocycles. The van der Waals surface area contributed by atoms with E-state index < -0.39 is 0 Å². The maximum atomic E-state index is 5.48. The Bertz CT molecular complexity index is 489. The Morgan fingerprint density at radius 1 is 1.23 bits per heavy atom. The highest BCUT2D eigenvalue weighted by molar-refractivity contribution is 4.95. The molecule has 0 unspecified atom stereocenters. The van der Waals surface area contributed by atoms with Gasteiger partial charge in [-0.15, -0.1) is 0 Å². The van der Waals surface area contributed by atoms with Crippen molar-refractivity contribution in [3.63, 3.8) is 0 Å². The van der Waals surface area contributed by atoms with Crippen molar-refractivity contribution in [3.05, 3.63) is 12.2 Å². The van der Waals surface area contributed by atoms with Crippen LogP contribution in [0.4, 0.5) is 0 Å². The molecule has 3 heterocycles. The van der Waals surface area contributed by atoms with Crippen LogP contribution in [0, 0.1) is 5.92 Å². The molecule has 0 spiro atoms. The summed E-state index contributed by atoms with van der Waals surface area (Å²) < 4.78 is 7.54. The van der Waals surface area contributed by atoms with Crippen LogP contribution < -0.4 is 0 Å². The number of likely N-dealkylation sites (tertiary alicyclic amines) is 1. The highest BCUT2D eigenvalue weighted by atomic mass is 16.5. The Morgan fingerprint density at radius 2 is 1.95 bits per heavy atom. The van der Waals surface area contributed by atoms with Crippen LogP contribution in [0.2, 0.25) is 0 Å². The molecule has 124 valence electrons. The second-order valence-corrected chi connectivity index (χ2v) is 7.65. The predicted molar refractivity (Wildman–Crippen MR) is 85.6 cm³/mol. The zero-order valence-corrected chi connectivity index (χ0v) is 14.3. The summed E-state index contributed by atoms with van der Waals surface area (Å²) in [6, 6.07) is 0.648. The number of nitrogens with zero attached hydrogens (tertiary/aromatic N) is 5. The van der Waals surface area contributed by atoms with Crippen LogP contribution >= 0.6 is 0 Å². The Morgan fingerprint density at radius 3 is 2.64 bits per heavy atom. The summed E-state index contributed by atoms with van der Waals surface area (Å²) >= 11 is 0. The maximum absolute atomic E-state index is 5.48. The monoisotopic (exact) mass is 307 g/mol. The van der Waals surface area contributed by atoms with Crippen LogP contribution in [-0.4, -0.2) is 70.0 Å². The highest BCUT2D eigenvalue weighted by Crippen LogP contribution is 2.24. The minimum absolute atomic E-state index is 0.0131. The van der Waals surface area contributed by atoms with Crippen LogP contribution in [0.3, 0.4) is 0 Å². The maximum Gasteiger partial charge on any atom is 0.141 e. The normalized spacial score (nSPS) is 28.4. The van der Waals surface area contributed by atoms with Crippen molar-refractivity contribution in [2.24, 2.45) is 5.92 Å². The van der Waals surface area contributed by atoms with Crippen LogP contribution in [-0.2, 0) is 16.8 Å². The highest BCUT2D eigenvalue weighted by Gasteiger charge is 2.35. The van der Waals surface area contributed by atoms with E-state index in [0.29, 0.717) is 12.0 Å². The summed E-state index contributed by atoms with van der Waals surface area (Å²) in [5.41, 5.74) is -0.0131. The second kappa shape index (κ2) is 6.26. The molecule has 0 radical (unpaired) electrons. The van der Waals surface area contributed by atoms with Gasteiger partial charge in [0.1, 0.15) is 12.2 Å². The van der Waals surface area contributed by atoms with E-state index in [1.807, 2.05) is 0 Å². The molecule has 2 saturated heterocycles. The Kier molecular flexibility index (Phi) is 4.52. The Labute approximate surface area is 133 Å². The molecule has 6 nitrogen and oxygen atoms in total. The van der Waals surface area contributed by atoms with Crippen molar-refractivity contribution in [2.45, 2.75) is 45.8 Å². The van der Waals surface area contributed by atoms with Crippen LogP contribution in [0.15, 0.2) is 6.33 Å². The standard InChI is InChI=1S/C16H29N5O/c1-13-9-19(10-14(13)20-5-7-22-8-6-20)11-15-17-12-18-21(15)16(2,3)4/h12-14H,5-11H2,1-4H3/t13-,14-/m0/s1. The largest absolute Gasteiger partial charge is 0.379 e. The summed E-state index contributed by atoms with van der Waals surface area (Å²) in [7, 11) is 0. The Balaban J connectivity index is 1.64. The van der Waals surface area contributed by atoms with Gasteiger partial charge in [0, 0.05) is 32.2 Å². The zero-order valence-electron chi connectivity index (χ0n) is 14.3. The molecule has 2 atom stereocenters. The molecule has 2 fully saturated rings. The molecule has 1 aromatic rings. The number of aromatic nitrogens is 3. The van der Waals surface area contributed by atoms with Gasteiger partial charge < -0.3 is 4.74 Å². The fraction of sp³-hybridized carbons (Fsp3) is 0.875. The minimum Gasteiger partial charge on any atom is -0.379 e. The van der Waals surface area contributed by atoms with E-state index in [2.05, 4.69) is 52.3 Å². The lowest BCUT2D eigenvalue weighted by atomic mass is 10.0. The SMILES string of the molecule is C[C@H]1CN(Cc2ncnn2C(C)(C)C)C[C@@H]1N1CCOCC1. The van der Waals surface area contributed by atoms with E-state index in [9.17, 15) is 0 Å². The van der Waals surface area contributed by atoms with Gasteiger partial charge in [-0.3, -0.25) is 9.80 Å². The lowest BCUT2D eigenvalue weighted by Crippen LogP contribution is -2.46. The quantitative estimate of drug-likeness (QED) is 0.839. The van der Waals surface area contributed by atoms with Gasteiger partial charge in [-0.2, -0.15) is 5.10 Å². The molecule has 0 amide bonds. The first-order chi connectivity index (χ1) is 10.4. The molecular weight excluding hydrogens is 278 g/mol. The smallest absolute Gasteiger partial charge is 0.141 e. The average molecular weight is 307 g/mol. The van der Waals surface area contributed by atoms with Gasteiger partial charge in [-0.25, -0.2) is 9.67 Å². The van der Waals surface area contributed by atoms with Gasteiger partial charge >= 0.3 is 0 Å². The zero-order chi connectivity index (χ0) is 15.7. The number of morpholine rings is 1. The molecule has 0 saturated carbocycles. The van der Waals surface area contributed by atoms with Crippen molar-refractivity contribution >= 4 is 0 Å². The second-order valence-electron chi connectivity index (χ2n) is 7.65. The number of hydrogen-bond donors (Lipinski definition) is 0. The minimum atomic E-state index is -0.0131. The van der Waals surface area contributed by atoms with Crippen LogP contribution in [0.1, 0.15) is 33.5 Å². The van der Waals surface area contributed by atoms with Gasteiger partial charge in [0.2, 0.25) is 0 Å². The van der Waals surface area contributed by atoms with Crippen molar-refractivity contribution in [1.82, 2.24) is 24.6 Å². The van der Waals surface area contributed by atoms with Crippen molar-refractivity contribution < 1.29 is 4.74 Å². The van der Waals surface area contributed by atoms with Gasteiger partial charge in [-0.1, -0.05) is 6.92 Å². The molecule has 22 heavy (non-hydrogen) atoms. The number of ether oxygens (including phenoxy) is 1. The van der Waals surface area contributed by atoms with Crippen LogP contribution in [0.5, 0.6) is 0 Å². The number of rotatable bonds is 3. The lowest BCUT2D eigenvalue weighted by molar-refractivity contribution is 0.0117. The summed E-state index contributed by atoms with van der Waals surface area (Å²) in [4.78, 5) is 9.61. The van der Waals surface area contributed by atoms with E-state index >= 15 is 0 Å². The molecule has 3 rings (SSSR count). The van der Waals surface area contributed by atoms with Crippen LogP contribution in [0.25, 0.3) is 0 Å². The fourth-order valence-corrected chi connectivity index (χ4v) is 3.70. The molecule has 2 aliphatic rings. The van der Waals surface area contributed by atoms with Gasteiger partial charge in [-0.05, 0) is 26.7 Å². The molecule has 0 aromatic carbocycles. The molecule has 1 aromatic heterocycles. The third-order valence-corrected chi connectivity index (χ3v) is 4.78. The van der Waals surface area contributed by atoms with Gasteiger partial charge in [0.05, 0.1) is 25.3 Å². The van der Waals surface area contributed by atoms with Crippen molar-refractivity contribution in [3.8, 4) is 0 Å². The predicted octanol–water partition coefficient (Wildman–Crippen LogP) is 1.19. The van der Waals surface area contributed by atoms with E-state index in [-0.39, 0.29) is 5.54 Å². The Hall–Kier alpha value is -0.980. The molecule has 0 N–H and O–H groups in total. The number of hydrogen-bond acceptors (Lipinski definition) is 5.